The van der Waals surface area contributed by atoms with Crippen LogP contribution in [0.15, 0.2) is 23.1 Å². The normalized spacial score (nSPS) is 12.8. The van der Waals surface area contributed by atoms with Gasteiger partial charge in [-0.3, -0.25) is 4.79 Å². The summed E-state index contributed by atoms with van der Waals surface area (Å²) in [4.78, 5) is 11.2. The van der Waals surface area contributed by atoms with Crippen LogP contribution in [0.25, 0.3) is 0 Å². The molecule has 0 fully saturated rings. The lowest BCUT2D eigenvalue weighted by Gasteiger charge is -2.15. The number of benzene rings is 1. The minimum Gasteiger partial charge on any atom is -0.495 e. The topological polar surface area (TPSA) is 93.7 Å². The molecule has 1 atom stereocenters. The second kappa shape index (κ2) is 7.39. The lowest BCUT2D eigenvalue weighted by atomic mass is 10.3. The van der Waals surface area contributed by atoms with Gasteiger partial charge in [-0.25, -0.2) is 13.1 Å². The van der Waals surface area contributed by atoms with Gasteiger partial charge in [-0.05, 0) is 25.1 Å². The second-order valence-electron chi connectivity index (χ2n) is 4.52. The molecule has 0 saturated carbocycles. The van der Waals surface area contributed by atoms with Crippen LogP contribution in [0.5, 0.6) is 5.75 Å². The molecule has 0 bridgehead atoms. The summed E-state index contributed by atoms with van der Waals surface area (Å²) < 4.78 is 36.9. The Morgan fingerprint density at radius 3 is 2.52 bits per heavy atom. The van der Waals surface area contributed by atoms with Crippen molar-refractivity contribution in [1.29, 1.82) is 0 Å². The van der Waals surface area contributed by atoms with Crippen LogP contribution in [0, 0.1) is 0 Å². The van der Waals surface area contributed by atoms with Crippen molar-refractivity contribution in [1.82, 2.24) is 4.72 Å². The minimum absolute atomic E-state index is 0.0370. The van der Waals surface area contributed by atoms with Gasteiger partial charge in [0, 0.05) is 20.1 Å². The molecule has 1 aromatic carbocycles. The maximum atomic E-state index is 12.2. The third-order valence-electron chi connectivity index (χ3n) is 2.56. The number of carbonyl (C=O) groups is 1. The van der Waals surface area contributed by atoms with Crippen LogP contribution in [0.2, 0.25) is 0 Å². The first-order valence-electron chi connectivity index (χ1n) is 6.27. The average molecular weight is 316 g/mol. The molecule has 0 aliphatic carbocycles. The number of nitrogens with one attached hydrogen (secondary N) is 2. The van der Waals surface area contributed by atoms with E-state index < -0.39 is 10.0 Å². The first kappa shape index (κ1) is 17.4. The highest BCUT2D eigenvalue weighted by Crippen LogP contribution is 2.27. The van der Waals surface area contributed by atoms with E-state index in [-0.39, 0.29) is 23.5 Å². The van der Waals surface area contributed by atoms with Gasteiger partial charge >= 0.3 is 0 Å². The quantitative estimate of drug-likeness (QED) is 0.781. The van der Waals surface area contributed by atoms with Gasteiger partial charge in [-0.2, -0.15) is 0 Å². The van der Waals surface area contributed by atoms with Gasteiger partial charge in [0.05, 0.1) is 24.3 Å². The first-order chi connectivity index (χ1) is 9.80. The molecule has 0 saturated heterocycles. The van der Waals surface area contributed by atoms with Crippen molar-refractivity contribution in [2.75, 3.05) is 26.1 Å². The van der Waals surface area contributed by atoms with Crippen molar-refractivity contribution in [3.05, 3.63) is 18.2 Å². The summed E-state index contributed by atoms with van der Waals surface area (Å²) in [5.41, 5.74) is 0.298. The number of hydrogen-bond acceptors (Lipinski definition) is 5. The highest BCUT2D eigenvalue weighted by molar-refractivity contribution is 7.89. The number of methoxy groups -OCH3 is 2. The molecule has 0 aliphatic heterocycles. The van der Waals surface area contributed by atoms with E-state index in [1.54, 1.807) is 6.92 Å². The molecule has 8 heteroatoms. The van der Waals surface area contributed by atoms with Crippen molar-refractivity contribution in [2.45, 2.75) is 24.8 Å². The zero-order chi connectivity index (χ0) is 16.0. The second-order valence-corrected chi connectivity index (χ2v) is 6.23. The largest absolute Gasteiger partial charge is 0.495 e. The van der Waals surface area contributed by atoms with E-state index in [2.05, 4.69) is 10.0 Å². The Kier molecular flexibility index (Phi) is 6.13. The number of hydrogen-bond donors (Lipinski definition) is 2. The predicted molar refractivity (Wildman–Crippen MR) is 79.0 cm³/mol. The SMILES string of the molecule is COCC(C)NS(=O)(=O)c1ccc(OC)c(NC(C)=O)c1. The zero-order valence-corrected chi connectivity index (χ0v) is 13.3. The van der Waals surface area contributed by atoms with Crippen LogP contribution in [0.1, 0.15) is 13.8 Å². The monoisotopic (exact) mass is 316 g/mol. The number of rotatable bonds is 7. The van der Waals surface area contributed by atoms with Crippen LogP contribution < -0.4 is 14.8 Å². The Labute approximate surface area is 124 Å². The Morgan fingerprint density at radius 2 is 2.00 bits per heavy atom. The van der Waals surface area contributed by atoms with Gasteiger partial charge in [0.25, 0.3) is 0 Å². The predicted octanol–water partition coefficient (Wildman–Crippen LogP) is 0.967. The number of amides is 1. The summed E-state index contributed by atoms with van der Waals surface area (Å²) in [7, 11) is -0.770. The minimum atomic E-state index is -3.70. The summed E-state index contributed by atoms with van der Waals surface area (Å²) in [5, 5.41) is 2.53. The van der Waals surface area contributed by atoms with Gasteiger partial charge < -0.3 is 14.8 Å². The summed E-state index contributed by atoms with van der Waals surface area (Å²) in [6.45, 7) is 3.28. The summed E-state index contributed by atoms with van der Waals surface area (Å²) in [6.07, 6.45) is 0. The highest BCUT2D eigenvalue weighted by atomic mass is 32.2. The third kappa shape index (κ3) is 5.00. The molecule has 1 aromatic rings. The van der Waals surface area contributed by atoms with Gasteiger partial charge in [-0.15, -0.1) is 0 Å². The number of carbonyl (C=O) groups excluding carboxylic acids is 1. The molecule has 0 heterocycles. The molecule has 0 radical (unpaired) electrons. The molecule has 0 spiro atoms. The first-order valence-corrected chi connectivity index (χ1v) is 7.75. The van der Waals surface area contributed by atoms with E-state index in [4.69, 9.17) is 9.47 Å². The highest BCUT2D eigenvalue weighted by Gasteiger charge is 2.19. The zero-order valence-electron chi connectivity index (χ0n) is 12.5. The molecular formula is C13H20N2O5S. The summed E-state index contributed by atoms with van der Waals surface area (Å²) in [5.74, 6) is 0.0673. The molecule has 1 amide bonds. The average Bonchev–Trinajstić information content (AvgIpc) is 2.37. The summed E-state index contributed by atoms with van der Waals surface area (Å²) in [6, 6.07) is 3.88. The van der Waals surface area contributed by atoms with E-state index in [1.165, 1.54) is 39.3 Å². The van der Waals surface area contributed by atoms with Crippen LogP contribution in [0.4, 0.5) is 5.69 Å². The van der Waals surface area contributed by atoms with E-state index in [9.17, 15) is 13.2 Å². The van der Waals surface area contributed by atoms with Gasteiger partial charge in [0.15, 0.2) is 0 Å². The van der Waals surface area contributed by atoms with Crippen LogP contribution >= 0.6 is 0 Å². The molecule has 2 N–H and O–H groups in total. The van der Waals surface area contributed by atoms with E-state index in [0.717, 1.165) is 0 Å². The van der Waals surface area contributed by atoms with Crippen molar-refractivity contribution < 1.29 is 22.7 Å². The van der Waals surface area contributed by atoms with Crippen molar-refractivity contribution in [2.24, 2.45) is 0 Å². The fraction of sp³-hybridized carbons (Fsp3) is 0.462. The number of sulfonamides is 1. The van der Waals surface area contributed by atoms with Crippen molar-refractivity contribution in [3.63, 3.8) is 0 Å². The standard InChI is InChI=1S/C13H20N2O5S/c1-9(8-19-3)15-21(17,18)11-5-6-13(20-4)12(7-11)14-10(2)16/h5-7,9,15H,8H2,1-4H3,(H,14,16). The van der Waals surface area contributed by atoms with E-state index >= 15 is 0 Å². The molecule has 7 nitrogen and oxygen atoms in total. The Hall–Kier alpha value is -1.64. The Morgan fingerprint density at radius 1 is 1.33 bits per heavy atom. The number of ether oxygens (including phenoxy) is 2. The van der Waals surface area contributed by atoms with E-state index in [0.29, 0.717) is 11.4 Å². The fourth-order valence-electron chi connectivity index (χ4n) is 1.76. The Bertz CT molecular complexity index is 601. The molecule has 0 aromatic heterocycles. The van der Waals surface area contributed by atoms with Crippen molar-refractivity contribution >= 4 is 21.6 Å². The van der Waals surface area contributed by atoms with Gasteiger partial charge in [-0.1, -0.05) is 0 Å². The van der Waals surface area contributed by atoms with Gasteiger partial charge in [0.1, 0.15) is 5.75 Å². The van der Waals surface area contributed by atoms with Crippen LogP contribution in [-0.4, -0.2) is 41.2 Å². The molecular weight excluding hydrogens is 296 g/mol. The van der Waals surface area contributed by atoms with Gasteiger partial charge in [0.2, 0.25) is 15.9 Å². The molecule has 118 valence electrons. The van der Waals surface area contributed by atoms with Crippen LogP contribution in [0.3, 0.4) is 0 Å². The molecule has 0 aliphatic rings. The lowest BCUT2D eigenvalue weighted by Crippen LogP contribution is -2.35. The van der Waals surface area contributed by atoms with E-state index in [1.807, 2.05) is 0 Å². The smallest absolute Gasteiger partial charge is 0.240 e. The molecule has 1 rings (SSSR count). The molecule has 1 unspecified atom stereocenters. The molecule has 21 heavy (non-hydrogen) atoms. The number of anilines is 1. The maximum Gasteiger partial charge on any atom is 0.240 e. The van der Waals surface area contributed by atoms with Crippen molar-refractivity contribution in [3.8, 4) is 5.75 Å². The Balaban J connectivity index is 3.09. The maximum absolute atomic E-state index is 12.2. The third-order valence-corrected chi connectivity index (χ3v) is 4.15. The lowest BCUT2D eigenvalue weighted by molar-refractivity contribution is -0.114. The summed E-state index contributed by atoms with van der Waals surface area (Å²) >= 11 is 0. The van der Waals surface area contributed by atoms with Crippen LogP contribution in [-0.2, 0) is 19.6 Å². The fourth-order valence-corrected chi connectivity index (χ4v) is 3.01.